The molecule has 174 valence electrons. The molecule has 2 aliphatic rings. The van der Waals surface area contributed by atoms with E-state index in [2.05, 4.69) is 37.5 Å². The summed E-state index contributed by atoms with van der Waals surface area (Å²) in [6, 6.07) is 9.80. The van der Waals surface area contributed by atoms with Gasteiger partial charge in [0.05, 0.1) is 19.4 Å². The minimum Gasteiger partial charge on any atom is -0.380 e. The van der Waals surface area contributed by atoms with E-state index in [1.165, 1.54) is 0 Å². The van der Waals surface area contributed by atoms with Crippen molar-refractivity contribution in [3.63, 3.8) is 0 Å². The van der Waals surface area contributed by atoms with Crippen LogP contribution in [0.3, 0.4) is 0 Å². The van der Waals surface area contributed by atoms with Crippen molar-refractivity contribution in [2.24, 2.45) is 5.41 Å². The maximum atomic E-state index is 13.1. The molecule has 1 spiro atoms. The normalized spacial score (nSPS) is 17.2. The van der Waals surface area contributed by atoms with Crippen LogP contribution in [0, 0.1) is 19.3 Å². The van der Waals surface area contributed by atoms with Crippen LogP contribution < -0.4 is 10.2 Å². The van der Waals surface area contributed by atoms with Crippen molar-refractivity contribution in [1.82, 2.24) is 19.5 Å². The van der Waals surface area contributed by atoms with Crippen molar-refractivity contribution in [2.45, 2.75) is 26.7 Å². The second kappa shape index (κ2) is 7.95. The molecule has 1 aromatic carbocycles. The Hall–Kier alpha value is -3.72. The molecule has 3 aromatic heterocycles. The highest BCUT2D eigenvalue weighted by atomic mass is 16.5. The number of aromatic nitrogens is 4. The van der Waals surface area contributed by atoms with Gasteiger partial charge < -0.3 is 19.5 Å². The predicted molar refractivity (Wildman–Crippen MR) is 127 cm³/mol. The number of anilines is 2. The number of nitrogens with one attached hydrogen (secondary N) is 1. The molecule has 34 heavy (non-hydrogen) atoms. The lowest BCUT2D eigenvalue weighted by Gasteiger charge is -2.47. The van der Waals surface area contributed by atoms with Crippen molar-refractivity contribution in [3.8, 4) is 11.4 Å². The molecule has 2 saturated heterocycles. The number of hydrogen-bond donors (Lipinski definition) is 1. The summed E-state index contributed by atoms with van der Waals surface area (Å²) in [5.41, 5.74) is 5.17. The Kier molecular flexibility index (Phi) is 4.88. The number of imidazole rings is 1. The number of benzene rings is 1. The highest BCUT2D eigenvalue weighted by molar-refractivity contribution is 6.04. The monoisotopic (exact) mass is 458 g/mol. The van der Waals surface area contributed by atoms with E-state index in [0.717, 1.165) is 61.6 Å². The molecule has 9 nitrogen and oxygen atoms in total. The number of nitrogens with zero attached hydrogens (tertiary/aromatic N) is 5. The molecular weight excluding hydrogens is 432 g/mol. The first-order valence-corrected chi connectivity index (χ1v) is 11.5. The fourth-order valence-corrected chi connectivity index (χ4v) is 4.75. The molecule has 2 aliphatic heterocycles. The Balaban J connectivity index is 1.21. The zero-order chi connectivity index (χ0) is 23.3. The molecule has 0 saturated carbocycles. The quantitative estimate of drug-likeness (QED) is 0.496. The number of pyridine rings is 1. The van der Waals surface area contributed by atoms with Crippen molar-refractivity contribution in [2.75, 3.05) is 36.5 Å². The largest absolute Gasteiger partial charge is 0.380 e. The standard InChI is InChI=1S/C25H26N6O3/c1-16-3-4-18(23-27-17(2)34-29-23)11-20(16)28-24(32)21-13-26-22-12-19(5-8-31(21)22)30-9-6-25(7-10-30)14-33-15-25/h3-5,8,11-13H,6-7,9-10,14-15H2,1-2H3,(H,28,32). The number of fused-ring (bicyclic) bond motifs is 1. The van der Waals surface area contributed by atoms with Gasteiger partial charge in [-0.2, -0.15) is 4.98 Å². The third-order valence-corrected chi connectivity index (χ3v) is 7.01. The van der Waals surface area contributed by atoms with Crippen LogP contribution in [0.15, 0.2) is 47.2 Å². The van der Waals surface area contributed by atoms with E-state index in [-0.39, 0.29) is 5.91 Å². The molecule has 0 radical (unpaired) electrons. The van der Waals surface area contributed by atoms with E-state index in [9.17, 15) is 4.79 Å². The van der Waals surface area contributed by atoms with E-state index in [1.54, 1.807) is 13.1 Å². The number of ether oxygens (including phenoxy) is 1. The van der Waals surface area contributed by atoms with Gasteiger partial charge in [-0.05, 0) is 37.5 Å². The van der Waals surface area contributed by atoms with E-state index in [0.29, 0.717) is 28.5 Å². The first kappa shape index (κ1) is 20.9. The maximum absolute atomic E-state index is 13.1. The van der Waals surface area contributed by atoms with E-state index in [4.69, 9.17) is 9.26 Å². The van der Waals surface area contributed by atoms with Gasteiger partial charge in [0.25, 0.3) is 5.91 Å². The third kappa shape index (κ3) is 3.62. The number of piperidine rings is 1. The average Bonchev–Trinajstić information content (AvgIpc) is 3.45. The van der Waals surface area contributed by atoms with Crippen molar-refractivity contribution in [3.05, 3.63) is 59.9 Å². The second-order valence-electron chi connectivity index (χ2n) is 9.36. The molecule has 0 bridgehead atoms. The first-order valence-electron chi connectivity index (χ1n) is 11.5. The second-order valence-corrected chi connectivity index (χ2v) is 9.36. The summed E-state index contributed by atoms with van der Waals surface area (Å²) in [6.07, 6.45) is 5.85. The summed E-state index contributed by atoms with van der Waals surface area (Å²) in [7, 11) is 0. The third-order valence-electron chi connectivity index (χ3n) is 7.01. The summed E-state index contributed by atoms with van der Waals surface area (Å²) >= 11 is 0. The summed E-state index contributed by atoms with van der Waals surface area (Å²) in [5, 5.41) is 6.98. The number of carbonyl (C=O) groups is 1. The summed E-state index contributed by atoms with van der Waals surface area (Å²) in [4.78, 5) is 24.3. The minimum atomic E-state index is -0.227. The smallest absolute Gasteiger partial charge is 0.274 e. The van der Waals surface area contributed by atoms with E-state index in [1.807, 2.05) is 35.7 Å². The lowest BCUT2D eigenvalue weighted by Crippen LogP contribution is -2.50. The van der Waals surface area contributed by atoms with Gasteiger partial charge in [-0.25, -0.2) is 4.98 Å². The van der Waals surface area contributed by atoms with Crippen molar-refractivity contribution < 1.29 is 14.1 Å². The molecule has 0 atom stereocenters. The zero-order valence-electron chi connectivity index (χ0n) is 19.2. The van der Waals surface area contributed by atoms with Crippen LogP contribution in [0.5, 0.6) is 0 Å². The van der Waals surface area contributed by atoms with Crippen LogP contribution in [0.25, 0.3) is 17.0 Å². The number of rotatable bonds is 4. The van der Waals surface area contributed by atoms with Crippen molar-refractivity contribution in [1.29, 1.82) is 0 Å². The molecular formula is C25H26N6O3. The molecule has 4 aromatic rings. The summed E-state index contributed by atoms with van der Waals surface area (Å²) < 4.78 is 12.3. The molecule has 0 aliphatic carbocycles. The number of amides is 1. The van der Waals surface area contributed by atoms with Gasteiger partial charge in [0.15, 0.2) is 0 Å². The van der Waals surface area contributed by atoms with Gasteiger partial charge in [-0.1, -0.05) is 17.3 Å². The van der Waals surface area contributed by atoms with Crippen LogP contribution in [0.2, 0.25) is 0 Å². The number of hydrogen-bond acceptors (Lipinski definition) is 7. The van der Waals surface area contributed by atoms with Gasteiger partial charge in [0, 0.05) is 54.6 Å². The lowest BCUT2D eigenvalue weighted by atomic mass is 9.77. The zero-order valence-corrected chi connectivity index (χ0v) is 19.2. The molecule has 9 heteroatoms. The Labute approximate surface area is 196 Å². The highest BCUT2D eigenvalue weighted by Crippen LogP contribution is 2.39. The van der Waals surface area contributed by atoms with Gasteiger partial charge in [-0.15, -0.1) is 0 Å². The van der Waals surface area contributed by atoms with Crippen LogP contribution in [0.4, 0.5) is 11.4 Å². The summed E-state index contributed by atoms with van der Waals surface area (Å²) in [6.45, 7) is 7.52. The molecule has 6 rings (SSSR count). The predicted octanol–water partition coefficient (Wildman–Crippen LogP) is 3.87. The highest BCUT2D eigenvalue weighted by Gasteiger charge is 2.41. The Bertz CT molecular complexity index is 1380. The SMILES string of the molecule is Cc1nc(-c2ccc(C)c(NC(=O)c3cnc4cc(N5CCC6(CC5)COC6)ccn34)c2)no1. The van der Waals surface area contributed by atoms with Gasteiger partial charge >= 0.3 is 0 Å². The van der Waals surface area contributed by atoms with Gasteiger partial charge in [-0.3, -0.25) is 9.20 Å². The number of carbonyl (C=O) groups excluding carboxylic acids is 1. The van der Waals surface area contributed by atoms with Crippen LogP contribution in [-0.4, -0.2) is 51.7 Å². The number of aryl methyl sites for hydroxylation is 2. The van der Waals surface area contributed by atoms with Gasteiger partial charge in [0.1, 0.15) is 11.3 Å². The van der Waals surface area contributed by atoms with Gasteiger partial charge in [0.2, 0.25) is 11.7 Å². The van der Waals surface area contributed by atoms with Crippen LogP contribution in [0.1, 0.15) is 34.8 Å². The Morgan fingerprint density at radius 3 is 2.65 bits per heavy atom. The van der Waals surface area contributed by atoms with Crippen LogP contribution >= 0.6 is 0 Å². The van der Waals surface area contributed by atoms with Crippen LogP contribution in [-0.2, 0) is 4.74 Å². The van der Waals surface area contributed by atoms with E-state index < -0.39 is 0 Å². The molecule has 1 amide bonds. The molecule has 1 N–H and O–H groups in total. The fraction of sp³-hybridized carbons (Fsp3) is 0.360. The average molecular weight is 459 g/mol. The molecule has 0 unspecified atom stereocenters. The molecule has 5 heterocycles. The van der Waals surface area contributed by atoms with E-state index >= 15 is 0 Å². The topological polar surface area (TPSA) is 97.8 Å². The lowest BCUT2D eigenvalue weighted by molar-refractivity contribution is -0.124. The van der Waals surface area contributed by atoms with Crippen molar-refractivity contribution >= 4 is 22.9 Å². The Morgan fingerprint density at radius 1 is 1.12 bits per heavy atom. The maximum Gasteiger partial charge on any atom is 0.274 e. The Morgan fingerprint density at radius 2 is 1.94 bits per heavy atom. The first-order chi connectivity index (χ1) is 16.5. The summed E-state index contributed by atoms with van der Waals surface area (Å²) in [5.74, 6) is 0.755. The minimum absolute atomic E-state index is 0.227. The molecule has 2 fully saturated rings. The fourth-order valence-electron chi connectivity index (χ4n) is 4.75.